The van der Waals surface area contributed by atoms with E-state index in [1.54, 1.807) is 30.4 Å². The van der Waals surface area contributed by atoms with Gasteiger partial charge in [0.05, 0.1) is 29.6 Å². The fourth-order valence-electron chi connectivity index (χ4n) is 3.17. The van der Waals surface area contributed by atoms with Crippen LogP contribution in [0.2, 0.25) is 0 Å². The molecule has 1 atom stereocenters. The summed E-state index contributed by atoms with van der Waals surface area (Å²) in [5, 5.41) is 22.1. The number of sulfonamides is 1. The van der Waals surface area contributed by atoms with Crippen LogP contribution in [0.5, 0.6) is 5.75 Å². The number of rotatable bonds is 13. The van der Waals surface area contributed by atoms with Crippen molar-refractivity contribution in [1.29, 1.82) is 0 Å². The second-order valence-corrected chi connectivity index (χ2v) is 8.77. The van der Waals surface area contributed by atoms with Crippen molar-refractivity contribution in [2.75, 3.05) is 37.6 Å². The van der Waals surface area contributed by atoms with Gasteiger partial charge < -0.3 is 9.84 Å². The van der Waals surface area contributed by atoms with Gasteiger partial charge in [0.1, 0.15) is 11.4 Å². The Bertz CT molecular complexity index is 1030. The first-order valence-corrected chi connectivity index (χ1v) is 11.2. The molecule has 2 aromatic rings. The predicted octanol–water partition coefficient (Wildman–Crippen LogP) is 2.83. The number of aliphatic hydroxyl groups excluding tert-OH is 1. The number of benzene rings is 2. The van der Waals surface area contributed by atoms with E-state index < -0.39 is 21.1 Å². The van der Waals surface area contributed by atoms with Gasteiger partial charge >= 0.3 is 0 Å². The van der Waals surface area contributed by atoms with E-state index in [0.717, 1.165) is 10.4 Å². The van der Waals surface area contributed by atoms with E-state index in [1.807, 2.05) is 4.90 Å². The van der Waals surface area contributed by atoms with Gasteiger partial charge in [0.25, 0.3) is 15.7 Å². The van der Waals surface area contributed by atoms with Crippen molar-refractivity contribution in [2.45, 2.75) is 11.0 Å². The summed E-state index contributed by atoms with van der Waals surface area (Å²) in [6.07, 6.45) is 2.22. The van der Waals surface area contributed by atoms with Gasteiger partial charge in [-0.05, 0) is 18.2 Å². The molecule has 0 radical (unpaired) electrons. The van der Waals surface area contributed by atoms with Gasteiger partial charge in [-0.25, -0.2) is 8.42 Å². The van der Waals surface area contributed by atoms with Gasteiger partial charge in [-0.2, -0.15) is 0 Å². The molecule has 0 aliphatic heterocycles. The van der Waals surface area contributed by atoms with Gasteiger partial charge in [-0.15, -0.1) is 13.2 Å². The lowest BCUT2D eigenvalue weighted by atomic mass is 10.2. The summed E-state index contributed by atoms with van der Waals surface area (Å²) >= 11 is 0. The molecule has 0 saturated carbocycles. The lowest BCUT2D eigenvalue weighted by Crippen LogP contribution is -2.43. The molecule has 0 aliphatic carbocycles. The van der Waals surface area contributed by atoms with Crippen LogP contribution >= 0.6 is 0 Å². The lowest BCUT2D eigenvalue weighted by molar-refractivity contribution is -0.384. The fourth-order valence-corrected chi connectivity index (χ4v) is 4.69. The molecule has 0 spiro atoms. The third kappa shape index (κ3) is 6.16. The van der Waals surface area contributed by atoms with E-state index in [1.165, 1.54) is 31.4 Å². The summed E-state index contributed by atoms with van der Waals surface area (Å²) in [4.78, 5) is 12.5. The number of nitro groups is 1. The summed E-state index contributed by atoms with van der Waals surface area (Å²) in [5.74, 6) is 0.122. The van der Waals surface area contributed by atoms with Crippen LogP contribution in [0.1, 0.15) is 0 Å². The zero-order valence-corrected chi connectivity index (χ0v) is 18.6. The van der Waals surface area contributed by atoms with Crippen LogP contribution in [-0.4, -0.2) is 62.7 Å². The standard InChI is InChI=1S/C22H27N3O6S/c1-4-13-23(14-5-2)16-19(26)17-24(32(29,30)20-9-7-6-8-10-20)21-15-18(25(27)28)11-12-22(21)31-3/h4-12,15,19,26H,1-2,13-14,16-17H2,3H3/t19-/m1/s1. The van der Waals surface area contributed by atoms with Crippen molar-refractivity contribution >= 4 is 21.4 Å². The number of ether oxygens (including phenoxy) is 1. The highest BCUT2D eigenvalue weighted by Crippen LogP contribution is 2.35. The molecule has 0 bridgehead atoms. The van der Waals surface area contributed by atoms with E-state index in [0.29, 0.717) is 13.1 Å². The first kappa shape index (κ1) is 25.1. The van der Waals surface area contributed by atoms with Crippen LogP contribution in [0.15, 0.2) is 78.7 Å². The summed E-state index contributed by atoms with van der Waals surface area (Å²) < 4.78 is 33.2. The topological polar surface area (TPSA) is 113 Å². The third-order valence-corrected chi connectivity index (χ3v) is 6.39. The molecule has 32 heavy (non-hydrogen) atoms. The maximum Gasteiger partial charge on any atom is 0.271 e. The Morgan fingerprint density at radius 2 is 1.75 bits per heavy atom. The smallest absolute Gasteiger partial charge is 0.271 e. The van der Waals surface area contributed by atoms with Crippen molar-refractivity contribution in [3.8, 4) is 5.75 Å². The molecular formula is C22H27N3O6S. The highest BCUT2D eigenvalue weighted by atomic mass is 32.2. The number of hydrogen-bond donors (Lipinski definition) is 1. The fraction of sp³-hybridized carbons (Fsp3) is 0.273. The normalized spacial score (nSPS) is 12.2. The van der Waals surface area contributed by atoms with Crippen molar-refractivity contribution in [3.63, 3.8) is 0 Å². The van der Waals surface area contributed by atoms with Crippen LogP contribution in [0.3, 0.4) is 0 Å². The SMILES string of the molecule is C=CCN(CC=C)C[C@@H](O)CN(c1cc([N+](=O)[O-])ccc1OC)S(=O)(=O)c1ccccc1. The number of aliphatic hydroxyl groups is 1. The summed E-state index contributed by atoms with van der Waals surface area (Å²) in [5.41, 5.74) is -0.341. The zero-order valence-electron chi connectivity index (χ0n) is 17.8. The molecule has 0 aromatic heterocycles. The molecule has 2 rings (SSSR count). The van der Waals surface area contributed by atoms with Gasteiger partial charge in [0.2, 0.25) is 0 Å². The molecule has 0 saturated heterocycles. The Balaban J connectivity index is 2.54. The number of non-ortho nitro benzene ring substituents is 1. The van der Waals surface area contributed by atoms with E-state index in [4.69, 9.17) is 4.74 Å². The minimum atomic E-state index is -4.17. The molecule has 10 heteroatoms. The van der Waals surface area contributed by atoms with Crippen molar-refractivity contribution < 1.29 is 23.2 Å². The number of nitro benzene ring substituents is 1. The Kier molecular flexibility index (Phi) is 8.94. The second-order valence-electron chi connectivity index (χ2n) is 6.91. The number of methoxy groups -OCH3 is 1. The van der Waals surface area contributed by atoms with E-state index in [9.17, 15) is 23.6 Å². The minimum absolute atomic E-state index is 0.0187. The molecule has 0 heterocycles. The first-order chi connectivity index (χ1) is 15.2. The van der Waals surface area contributed by atoms with Crippen LogP contribution < -0.4 is 9.04 Å². The van der Waals surface area contributed by atoms with Gasteiger partial charge in [0.15, 0.2) is 0 Å². The highest BCUT2D eigenvalue weighted by molar-refractivity contribution is 7.92. The van der Waals surface area contributed by atoms with Crippen LogP contribution in [-0.2, 0) is 10.0 Å². The minimum Gasteiger partial charge on any atom is -0.495 e. The van der Waals surface area contributed by atoms with Crippen LogP contribution in [0.4, 0.5) is 11.4 Å². The Morgan fingerprint density at radius 1 is 1.12 bits per heavy atom. The van der Waals surface area contributed by atoms with Crippen molar-refractivity contribution in [2.24, 2.45) is 0 Å². The first-order valence-electron chi connectivity index (χ1n) is 9.77. The predicted molar refractivity (Wildman–Crippen MR) is 123 cm³/mol. The van der Waals surface area contributed by atoms with Crippen LogP contribution in [0.25, 0.3) is 0 Å². The molecule has 1 N–H and O–H groups in total. The molecule has 0 amide bonds. The van der Waals surface area contributed by atoms with E-state index in [2.05, 4.69) is 13.2 Å². The Morgan fingerprint density at radius 3 is 2.28 bits per heavy atom. The van der Waals surface area contributed by atoms with E-state index >= 15 is 0 Å². The molecule has 9 nitrogen and oxygen atoms in total. The maximum absolute atomic E-state index is 13.5. The Hall–Kier alpha value is -3.21. The molecule has 172 valence electrons. The summed E-state index contributed by atoms with van der Waals surface area (Å²) in [6, 6.07) is 11.3. The van der Waals surface area contributed by atoms with Gasteiger partial charge in [0, 0.05) is 31.8 Å². The largest absolute Gasteiger partial charge is 0.495 e. The third-order valence-electron chi connectivity index (χ3n) is 4.59. The molecule has 0 fully saturated rings. The zero-order chi connectivity index (χ0) is 23.7. The average Bonchev–Trinajstić information content (AvgIpc) is 2.77. The van der Waals surface area contributed by atoms with Gasteiger partial charge in [-0.1, -0.05) is 30.4 Å². The average molecular weight is 462 g/mol. The van der Waals surface area contributed by atoms with Crippen molar-refractivity contribution in [3.05, 3.63) is 84.0 Å². The monoisotopic (exact) mass is 461 g/mol. The lowest BCUT2D eigenvalue weighted by Gasteiger charge is -2.30. The quantitative estimate of drug-likeness (QED) is 0.277. The van der Waals surface area contributed by atoms with Gasteiger partial charge in [-0.3, -0.25) is 19.3 Å². The number of nitrogens with zero attached hydrogens (tertiary/aromatic N) is 3. The van der Waals surface area contributed by atoms with Crippen molar-refractivity contribution in [1.82, 2.24) is 4.90 Å². The number of hydrogen-bond acceptors (Lipinski definition) is 7. The molecule has 0 aliphatic rings. The summed E-state index contributed by atoms with van der Waals surface area (Å²) in [6.45, 7) is 8.09. The Labute approximate surface area is 188 Å². The molecule has 2 aromatic carbocycles. The molecular weight excluding hydrogens is 434 g/mol. The second kappa shape index (κ2) is 11.4. The summed E-state index contributed by atoms with van der Waals surface area (Å²) in [7, 11) is -2.84. The maximum atomic E-state index is 13.5. The van der Waals surface area contributed by atoms with E-state index in [-0.39, 0.29) is 35.1 Å². The highest BCUT2D eigenvalue weighted by Gasteiger charge is 2.31. The van der Waals surface area contributed by atoms with Crippen LogP contribution in [0, 0.1) is 10.1 Å². The number of anilines is 1. The molecule has 0 unspecified atom stereocenters.